The largest absolute Gasteiger partial charge is 0.371 e. The van der Waals surface area contributed by atoms with Crippen molar-refractivity contribution in [2.75, 3.05) is 24.5 Å². The number of benzene rings is 1. The van der Waals surface area contributed by atoms with Gasteiger partial charge in [-0.25, -0.2) is 9.50 Å². The molecule has 0 aliphatic carbocycles. The van der Waals surface area contributed by atoms with Gasteiger partial charge in [0, 0.05) is 25.3 Å². The third-order valence-electron chi connectivity index (χ3n) is 5.20. The number of carbonyl (C=O) groups excluding carboxylic acids is 1. The molecule has 7 nitrogen and oxygen atoms in total. The minimum Gasteiger partial charge on any atom is -0.371 e. The highest BCUT2D eigenvalue weighted by Crippen LogP contribution is 2.26. The van der Waals surface area contributed by atoms with Crippen LogP contribution in [0.1, 0.15) is 54.4 Å². The van der Waals surface area contributed by atoms with Gasteiger partial charge >= 0.3 is 0 Å². The molecular formula is C21H26N6O. The summed E-state index contributed by atoms with van der Waals surface area (Å²) < 4.78 is 1.69. The Hall–Kier alpha value is -2.96. The van der Waals surface area contributed by atoms with Crippen molar-refractivity contribution in [3.63, 3.8) is 0 Å². The predicted octanol–water partition coefficient (Wildman–Crippen LogP) is 2.82. The van der Waals surface area contributed by atoms with Crippen LogP contribution < -0.4 is 10.2 Å². The smallest absolute Gasteiger partial charge is 0.270 e. The Kier molecular flexibility index (Phi) is 5.23. The van der Waals surface area contributed by atoms with Crippen LogP contribution in [-0.2, 0) is 6.42 Å². The van der Waals surface area contributed by atoms with E-state index in [0.717, 1.165) is 31.6 Å². The second-order valence-corrected chi connectivity index (χ2v) is 7.52. The summed E-state index contributed by atoms with van der Waals surface area (Å²) in [5.41, 5.74) is 4.08. The van der Waals surface area contributed by atoms with Crippen molar-refractivity contribution >= 4 is 17.4 Å². The molecule has 28 heavy (non-hydrogen) atoms. The molecule has 1 aliphatic rings. The third-order valence-corrected chi connectivity index (χ3v) is 5.20. The van der Waals surface area contributed by atoms with Crippen molar-refractivity contribution in [2.24, 2.45) is 0 Å². The molecule has 1 aromatic carbocycles. The Balaban J connectivity index is 1.36. The van der Waals surface area contributed by atoms with Crippen LogP contribution in [0, 0.1) is 0 Å². The molecule has 0 saturated heterocycles. The number of anilines is 1. The van der Waals surface area contributed by atoms with E-state index in [4.69, 9.17) is 0 Å². The molecule has 0 atom stereocenters. The molecule has 0 fully saturated rings. The maximum Gasteiger partial charge on any atom is 0.270 e. The molecule has 0 spiro atoms. The number of nitrogens with one attached hydrogen (secondary N) is 1. The van der Waals surface area contributed by atoms with Crippen molar-refractivity contribution < 1.29 is 4.79 Å². The maximum absolute atomic E-state index is 12.6. The Morgan fingerprint density at radius 1 is 1.29 bits per heavy atom. The molecule has 146 valence electrons. The van der Waals surface area contributed by atoms with Crippen molar-refractivity contribution in [2.45, 2.75) is 39.0 Å². The summed E-state index contributed by atoms with van der Waals surface area (Å²) in [5.74, 6) is 0.519. The highest BCUT2D eigenvalue weighted by molar-refractivity contribution is 5.92. The molecule has 0 unspecified atom stereocenters. The van der Waals surface area contributed by atoms with Crippen LogP contribution in [0.2, 0.25) is 0 Å². The van der Waals surface area contributed by atoms with Crippen LogP contribution >= 0.6 is 0 Å². The molecule has 1 amide bonds. The topological polar surface area (TPSA) is 75.4 Å². The fourth-order valence-electron chi connectivity index (χ4n) is 3.77. The van der Waals surface area contributed by atoms with Crippen LogP contribution in [0.5, 0.6) is 0 Å². The number of fused-ring (bicyclic) bond motifs is 2. The monoisotopic (exact) mass is 378 g/mol. The van der Waals surface area contributed by atoms with Crippen molar-refractivity contribution in [3.05, 3.63) is 53.6 Å². The standard InChI is InChI=1S/C21H26N6O/c1-15(2)19-13-17(25-21-23-14-24-27(19)21)20(28)22-10-6-12-26-11-5-8-16-7-3-4-9-18(16)26/h3-4,7,9,13-15H,5-6,8,10-12H2,1-2H3,(H,22,28). The van der Waals surface area contributed by atoms with E-state index in [1.54, 1.807) is 4.52 Å². The molecule has 0 saturated carbocycles. The summed E-state index contributed by atoms with van der Waals surface area (Å²) in [6, 6.07) is 10.4. The SMILES string of the molecule is CC(C)c1cc(C(=O)NCCCN2CCCc3ccccc32)nc2ncnn12. The molecular weight excluding hydrogens is 352 g/mol. The molecule has 1 aliphatic heterocycles. The molecule has 3 aromatic rings. The van der Waals surface area contributed by atoms with E-state index in [9.17, 15) is 4.79 Å². The Labute approximate surface area is 164 Å². The van der Waals surface area contributed by atoms with E-state index in [0.29, 0.717) is 18.0 Å². The number of hydrogen-bond donors (Lipinski definition) is 1. The normalized spacial score (nSPS) is 13.8. The lowest BCUT2D eigenvalue weighted by molar-refractivity contribution is 0.0948. The molecule has 4 rings (SSSR count). The van der Waals surface area contributed by atoms with Crippen LogP contribution in [0.25, 0.3) is 5.78 Å². The Morgan fingerprint density at radius 2 is 2.14 bits per heavy atom. The van der Waals surface area contributed by atoms with Gasteiger partial charge in [0.15, 0.2) is 0 Å². The van der Waals surface area contributed by atoms with Crippen LogP contribution in [-0.4, -0.2) is 45.1 Å². The Bertz CT molecular complexity index is 980. The first-order valence-corrected chi connectivity index (χ1v) is 9.95. The van der Waals surface area contributed by atoms with Crippen LogP contribution in [0.3, 0.4) is 0 Å². The van der Waals surface area contributed by atoms with Gasteiger partial charge in [-0.2, -0.15) is 10.1 Å². The lowest BCUT2D eigenvalue weighted by atomic mass is 10.0. The van der Waals surface area contributed by atoms with E-state index in [1.165, 1.54) is 24.0 Å². The zero-order valence-electron chi connectivity index (χ0n) is 16.4. The van der Waals surface area contributed by atoms with Gasteiger partial charge < -0.3 is 10.2 Å². The van der Waals surface area contributed by atoms with Crippen molar-refractivity contribution in [3.8, 4) is 0 Å². The van der Waals surface area contributed by atoms with Crippen LogP contribution in [0.4, 0.5) is 5.69 Å². The number of amides is 1. The summed E-state index contributed by atoms with van der Waals surface area (Å²) >= 11 is 0. The number of hydrogen-bond acceptors (Lipinski definition) is 5. The summed E-state index contributed by atoms with van der Waals surface area (Å²) in [6.07, 6.45) is 4.69. The first-order valence-electron chi connectivity index (χ1n) is 9.95. The minimum atomic E-state index is -0.161. The van der Waals surface area contributed by atoms with Gasteiger partial charge in [0.25, 0.3) is 11.7 Å². The molecule has 0 radical (unpaired) electrons. The van der Waals surface area contributed by atoms with Crippen molar-refractivity contribution in [1.29, 1.82) is 0 Å². The van der Waals surface area contributed by atoms with E-state index >= 15 is 0 Å². The average molecular weight is 378 g/mol. The first kappa shape index (κ1) is 18.4. The highest BCUT2D eigenvalue weighted by Gasteiger charge is 2.17. The average Bonchev–Trinajstić information content (AvgIpc) is 3.19. The number of aromatic nitrogens is 4. The highest BCUT2D eigenvalue weighted by atomic mass is 16.1. The van der Waals surface area contributed by atoms with Gasteiger partial charge in [-0.3, -0.25) is 4.79 Å². The van der Waals surface area contributed by atoms with Gasteiger partial charge in [-0.05, 0) is 42.9 Å². The lowest BCUT2D eigenvalue weighted by Crippen LogP contribution is -2.33. The fraction of sp³-hybridized carbons (Fsp3) is 0.429. The van der Waals surface area contributed by atoms with E-state index in [1.807, 2.05) is 6.07 Å². The molecule has 0 bridgehead atoms. The van der Waals surface area contributed by atoms with E-state index in [-0.39, 0.29) is 11.8 Å². The number of nitrogens with zero attached hydrogens (tertiary/aromatic N) is 5. The summed E-state index contributed by atoms with van der Waals surface area (Å²) in [7, 11) is 0. The molecule has 2 aromatic heterocycles. The second-order valence-electron chi connectivity index (χ2n) is 7.52. The summed E-state index contributed by atoms with van der Waals surface area (Å²) in [6.45, 7) is 6.76. The zero-order chi connectivity index (χ0) is 19.5. The van der Waals surface area contributed by atoms with Gasteiger partial charge in [0.1, 0.15) is 12.0 Å². The summed E-state index contributed by atoms with van der Waals surface area (Å²) in [4.78, 5) is 23.5. The lowest BCUT2D eigenvalue weighted by Gasteiger charge is -2.31. The second kappa shape index (κ2) is 7.96. The van der Waals surface area contributed by atoms with Crippen LogP contribution in [0.15, 0.2) is 36.7 Å². The third kappa shape index (κ3) is 3.69. The molecule has 7 heteroatoms. The van der Waals surface area contributed by atoms with Gasteiger partial charge in [-0.15, -0.1) is 0 Å². The molecule has 3 heterocycles. The first-order chi connectivity index (χ1) is 13.6. The summed E-state index contributed by atoms with van der Waals surface area (Å²) in [5, 5.41) is 7.19. The number of aryl methyl sites for hydroxylation is 1. The fourth-order valence-corrected chi connectivity index (χ4v) is 3.77. The number of rotatable bonds is 6. The quantitative estimate of drug-likeness (QED) is 0.668. The Morgan fingerprint density at radius 3 is 3.00 bits per heavy atom. The van der Waals surface area contributed by atoms with E-state index < -0.39 is 0 Å². The van der Waals surface area contributed by atoms with Crippen molar-refractivity contribution in [1.82, 2.24) is 24.9 Å². The van der Waals surface area contributed by atoms with Gasteiger partial charge in [0.2, 0.25) is 0 Å². The zero-order valence-corrected chi connectivity index (χ0v) is 16.4. The van der Waals surface area contributed by atoms with Gasteiger partial charge in [0.05, 0.1) is 5.69 Å². The molecule has 1 N–H and O–H groups in total. The predicted molar refractivity (Wildman–Crippen MR) is 109 cm³/mol. The maximum atomic E-state index is 12.6. The van der Waals surface area contributed by atoms with E-state index in [2.05, 4.69) is 63.4 Å². The minimum absolute atomic E-state index is 0.161. The number of carbonyl (C=O) groups is 1. The number of para-hydroxylation sites is 1. The van der Waals surface area contributed by atoms with Gasteiger partial charge in [-0.1, -0.05) is 32.0 Å².